The molecule has 1 aliphatic rings. The molecule has 0 spiro atoms. The Bertz CT molecular complexity index is 943. The van der Waals surface area contributed by atoms with Gasteiger partial charge in [0.2, 0.25) is 5.91 Å². The predicted molar refractivity (Wildman–Crippen MR) is 109 cm³/mol. The summed E-state index contributed by atoms with van der Waals surface area (Å²) < 4.78 is 5.35. The molecule has 1 fully saturated rings. The van der Waals surface area contributed by atoms with Gasteiger partial charge in [0.1, 0.15) is 5.69 Å². The summed E-state index contributed by atoms with van der Waals surface area (Å²) >= 11 is 0. The Morgan fingerprint density at radius 2 is 1.89 bits per heavy atom. The Hall–Kier alpha value is -3.15. The van der Waals surface area contributed by atoms with Crippen LogP contribution >= 0.6 is 0 Å². The Kier molecular flexibility index (Phi) is 5.10. The van der Waals surface area contributed by atoms with Crippen LogP contribution in [-0.2, 0) is 4.79 Å². The van der Waals surface area contributed by atoms with Crippen LogP contribution < -0.4 is 10.2 Å². The molecule has 6 nitrogen and oxygen atoms in total. The molecule has 144 valence electrons. The molecule has 0 atom stereocenters. The minimum absolute atomic E-state index is 0.0199. The molecule has 6 heteroatoms. The molecule has 2 aromatic heterocycles. The highest BCUT2D eigenvalue weighted by atomic mass is 16.3. The molecule has 1 N–H and O–H groups in total. The average Bonchev–Trinajstić information content (AvgIpc) is 3.26. The van der Waals surface area contributed by atoms with Crippen LogP contribution in [0.1, 0.15) is 24.0 Å². The van der Waals surface area contributed by atoms with E-state index in [9.17, 15) is 4.79 Å². The third kappa shape index (κ3) is 3.76. The summed E-state index contributed by atoms with van der Waals surface area (Å²) in [5, 5.41) is 11.7. The lowest BCUT2D eigenvalue weighted by Crippen LogP contribution is -2.38. The maximum atomic E-state index is 12.7. The highest BCUT2D eigenvalue weighted by Crippen LogP contribution is 2.25. The van der Waals surface area contributed by atoms with Crippen molar-refractivity contribution >= 4 is 17.4 Å². The third-order valence-electron chi connectivity index (χ3n) is 5.48. The fraction of sp³-hybridized carbons (Fsp3) is 0.318. The van der Waals surface area contributed by atoms with Gasteiger partial charge < -0.3 is 14.6 Å². The topological polar surface area (TPSA) is 71.3 Å². The van der Waals surface area contributed by atoms with Gasteiger partial charge in [0.15, 0.2) is 11.6 Å². The summed E-state index contributed by atoms with van der Waals surface area (Å²) in [6.45, 7) is 5.68. The van der Waals surface area contributed by atoms with Crippen molar-refractivity contribution < 1.29 is 9.21 Å². The van der Waals surface area contributed by atoms with Crippen molar-refractivity contribution in [2.45, 2.75) is 26.7 Å². The minimum atomic E-state index is 0.0199. The van der Waals surface area contributed by atoms with Crippen molar-refractivity contribution in [3.8, 4) is 11.5 Å². The average molecular weight is 376 g/mol. The van der Waals surface area contributed by atoms with E-state index < -0.39 is 0 Å². The van der Waals surface area contributed by atoms with Crippen LogP contribution in [0.25, 0.3) is 11.5 Å². The highest BCUT2D eigenvalue weighted by Gasteiger charge is 2.26. The molecule has 1 amide bonds. The number of hydrogen-bond donors (Lipinski definition) is 1. The zero-order valence-corrected chi connectivity index (χ0v) is 16.2. The first-order valence-electron chi connectivity index (χ1n) is 9.61. The first-order valence-corrected chi connectivity index (χ1v) is 9.61. The molecular formula is C22H24N4O2. The number of amides is 1. The van der Waals surface area contributed by atoms with Gasteiger partial charge >= 0.3 is 0 Å². The fourth-order valence-corrected chi connectivity index (χ4v) is 3.54. The highest BCUT2D eigenvalue weighted by molar-refractivity contribution is 5.93. The summed E-state index contributed by atoms with van der Waals surface area (Å²) in [5.74, 6) is 1.67. The van der Waals surface area contributed by atoms with Crippen molar-refractivity contribution in [1.29, 1.82) is 0 Å². The summed E-state index contributed by atoms with van der Waals surface area (Å²) in [6, 6.07) is 13.6. The Labute approximate surface area is 164 Å². The van der Waals surface area contributed by atoms with E-state index in [1.807, 2.05) is 43.3 Å². The second kappa shape index (κ2) is 7.84. The lowest BCUT2D eigenvalue weighted by Gasteiger charge is -2.32. The molecule has 1 aromatic carbocycles. The van der Waals surface area contributed by atoms with Crippen molar-refractivity contribution in [3.05, 3.63) is 59.9 Å². The number of benzene rings is 1. The third-order valence-corrected chi connectivity index (χ3v) is 5.48. The van der Waals surface area contributed by atoms with E-state index in [1.165, 1.54) is 5.56 Å². The van der Waals surface area contributed by atoms with Crippen LogP contribution in [0.15, 0.2) is 53.1 Å². The number of nitrogens with one attached hydrogen (secondary N) is 1. The van der Waals surface area contributed by atoms with Gasteiger partial charge in [-0.3, -0.25) is 4.79 Å². The van der Waals surface area contributed by atoms with Gasteiger partial charge in [0, 0.05) is 24.7 Å². The predicted octanol–water partition coefficient (Wildman–Crippen LogP) is 4.21. The first-order chi connectivity index (χ1) is 13.6. The summed E-state index contributed by atoms with van der Waals surface area (Å²) in [5.41, 5.74) is 3.94. The molecule has 0 bridgehead atoms. The van der Waals surface area contributed by atoms with E-state index in [4.69, 9.17) is 4.42 Å². The lowest BCUT2D eigenvalue weighted by atomic mass is 9.95. The zero-order chi connectivity index (χ0) is 19.5. The molecule has 4 rings (SSSR count). The molecule has 0 saturated carbocycles. The quantitative estimate of drug-likeness (QED) is 0.739. The van der Waals surface area contributed by atoms with Gasteiger partial charge in [-0.2, -0.15) is 0 Å². The number of hydrogen-bond acceptors (Lipinski definition) is 5. The maximum absolute atomic E-state index is 12.7. The molecular weight excluding hydrogens is 352 g/mol. The SMILES string of the molecule is Cc1cccc(NC(=O)C2CCN(c3ccc(-c4ccco4)nn3)CC2)c1C. The second-order valence-corrected chi connectivity index (χ2v) is 7.25. The molecule has 1 aliphatic heterocycles. The van der Waals surface area contributed by atoms with Gasteiger partial charge in [-0.25, -0.2) is 0 Å². The normalized spacial score (nSPS) is 14.9. The molecule has 1 saturated heterocycles. The Morgan fingerprint density at radius 3 is 2.57 bits per heavy atom. The number of carbonyl (C=O) groups is 1. The zero-order valence-electron chi connectivity index (χ0n) is 16.2. The largest absolute Gasteiger partial charge is 0.463 e. The van der Waals surface area contributed by atoms with Crippen molar-refractivity contribution in [2.75, 3.05) is 23.3 Å². The smallest absolute Gasteiger partial charge is 0.227 e. The number of piperidine rings is 1. The minimum Gasteiger partial charge on any atom is -0.463 e. The van der Waals surface area contributed by atoms with Crippen LogP contribution in [0.4, 0.5) is 11.5 Å². The Morgan fingerprint density at radius 1 is 1.07 bits per heavy atom. The molecule has 0 aliphatic carbocycles. The van der Waals surface area contributed by atoms with Crippen molar-refractivity contribution in [1.82, 2.24) is 10.2 Å². The summed E-state index contributed by atoms with van der Waals surface area (Å²) in [6.07, 6.45) is 3.23. The van der Waals surface area contributed by atoms with Crippen LogP contribution in [0, 0.1) is 19.8 Å². The molecule has 0 radical (unpaired) electrons. The number of nitrogens with zero attached hydrogens (tertiary/aromatic N) is 3. The van der Waals surface area contributed by atoms with Gasteiger partial charge in [-0.1, -0.05) is 12.1 Å². The maximum Gasteiger partial charge on any atom is 0.227 e. The molecule has 28 heavy (non-hydrogen) atoms. The summed E-state index contributed by atoms with van der Waals surface area (Å²) in [4.78, 5) is 14.9. The monoisotopic (exact) mass is 376 g/mol. The van der Waals surface area contributed by atoms with Crippen LogP contribution in [0.3, 0.4) is 0 Å². The number of furan rings is 1. The van der Waals surface area contributed by atoms with Crippen LogP contribution in [0.2, 0.25) is 0 Å². The van der Waals surface area contributed by atoms with Gasteiger partial charge in [-0.05, 0) is 68.1 Å². The number of carbonyl (C=O) groups excluding carboxylic acids is 1. The van der Waals surface area contributed by atoms with Gasteiger partial charge in [0.25, 0.3) is 0 Å². The van der Waals surface area contributed by atoms with E-state index in [0.717, 1.165) is 48.7 Å². The van der Waals surface area contributed by atoms with E-state index in [1.54, 1.807) is 6.26 Å². The van der Waals surface area contributed by atoms with Crippen molar-refractivity contribution in [2.24, 2.45) is 5.92 Å². The Balaban J connectivity index is 1.35. The van der Waals surface area contributed by atoms with Crippen molar-refractivity contribution in [3.63, 3.8) is 0 Å². The molecule has 0 unspecified atom stereocenters. The van der Waals surface area contributed by atoms with E-state index in [0.29, 0.717) is 5.76 Å². The standard InChI is InChI=1S/C22H24N4O2/c1-15-5-3-6-18(16(15)2)23-22(27)17-10-12-26(13-11-17)21-9-8-19(24-25-21)20-7-4-14-28-20/h3-9,14,17H,10-13H2,1-2H3,(H,23,27). The van der Waals surface area contributed by atoms with Gasteiger partial charge in [0.05, 0.1) is 6.26 Å². The number of aromatic nitrogens is 2. The second-order valence-electron chi connectivity index (χ2n) is 7.25. The van der Waals surface area contributed by atoms with E-state index in [-0.39, 0.29) is 11.8 Å². The van der Waals surface area contributed by atoms with E-state index >= 15 is 0 Å². The van der Waals surface area contributed by atoms with E-state index in [2.05, 4.69) is 33.4 Å². The van der Waals surface area contributed by atoms with Crippen LogP contribution in [-0.4, -0.2) is 29.2 Å². The number of anilines is 2. The number of rotatable bonds is 4. The lowest BCUT2D eigenvalue weighted by molar-refractivity contribution is -0.120. The molecule has 3 heterocycles. The fourth-order valence-electron chi connectivity index (χ4n) is 3.54. The summed E-state index contributed by atoms with van der Waals surface area (Å²) in [7, 11) is 0. The van der Waals surface area contributed by atoms with Crippen LogP contribution in [0.5, 0.6) is 0 Å². The number of aryl methyl sites for hydroxylation is 1. The first kappa shape index (κ1) is 18.2. The molecule has 3 aromatic rings. The van der Waals surface area contributed by atoms with Gasteiger partial charge in [-0.15, -0.1) is 10.2 Å².